The van der Waals surface area contributed by atoms with Crippen LogP contribution in [0, 0.1) is 0 Å². The maximum absolute atomic E-state index is 4.06. The summed E-state index contributed by atoms with van der Waals surface area (Å²) in [6.45, 7) is 0.794. The summed E-state index contributed by atoms with van der Waals surface area (Å²) in [5.41, 5.74) is 0.996. The standard InChI is InChI=1S/C11H16N5.HI/c1-16(2,3)9-11-12-13-14-15(11)10-7-5-4-6-8-10;/h4-8H,9H2,1-3H3;1H/q+1;/p-1. The van der Waals surface area contributed by atoms with Gasteiger partial charge in [-0.1, -0.05) is 18.2 Å². The lowest BCUT2D eigenvalue weighted by molar-refractivity contribution is -0.884. The van der Waals surface area contributed by atoms with Crippen LogP contribution in [0.2, 0.25) is 0 Å². The third kappa shape index (κ3) is 3.74. The molecule has 17 heavy (non-hydrogen) atoms. The van der Waals surface area contributed by atoms with Gasteiger partial charge in [-0.25, -0.2) is 0 Å². The monoisotopic (exact) mass is 345 g/mol. The highest BCUT2D eigenvalue weighted by Gasteiger charge is 2.16. The predicted octanol–water partition coefficient (Wildman–Crippen LogP) is -2.13. The van der Waals surface area contributed by atoms with Gasteiger partial charge in [-0.2, -0.15) is 4.68 Å². The number of benzene rings is 1. The van der Waals surface area contributed by atoms with Crippen LogP contribution in [-0.2, 0) is 6.54 Å². The van der Waals surface area contributed by atoms with Crippen molar-refractivity contribution >= 4 is 0 Å². The molecule has 0 fully saturated rings. The zero-order valence-electron chi connectivity index (χ0n) is 10.2. The number of rotatable bonds is 3. The normalized spacial score (nSPS) is 11.0. The van der Waals surface area contributed by atoms with E-state index < -0.39 is 0 Å². The number of para-hydroxylation sites is 1. The van der Waals surface area contributed by atoms with Gasteiger partial charge in [0.25, 0.3) is 0 Å². The molecule has 0 spiro atoms. The van der Waals surface area contributed by atoms with E-state index in [0.717, 1.165) is 22.5 Å². The Balaban J connectivity index is 0.00000144. The molecule has 0 bridgehead atoms. The fourth-order valence-electron chi connectivity index (χ4n) is 1.50. The van der Waals surface area contributed by atoms with E-state index in [1.54, 1.807) is 4.68 Å². The van der Waals surface area contributed by atoms with Gasteiger partial charge in [0, 0.05) is 0 Å². The van der Waals surface area contributed by atoms with Crippen molar-refractivity contribution in [1.29, 1.82) is 0 Å². The third-order valence-electron chi connectivity index (χ3n) is 2.15. The maximum Gasteiger partial charge on any atom is 0.211 e. The molecule has 0 saturated carbocycles. The Kier molecular flexibility index (Phi) is 4.58. The van der Waals surface area contributed by atoms with E-state index >= 15 is 0 Å². The molecule has 2 rings (SSSR count). The Bertz CT molecular complexity index is 460. The Hall–Kier alpha value is -1.02. The van der Waals surface area contributed by atoms with E-state index in [0.29, 0.717) is 0 Å². The molecule has 0 atom stereocenters. The van der Waals surface area contributed by atoms with Crippen LogP contribution in [0.25, 0.3) is 5.69 Å². The molecule has 0 N–H and O–H groups in total. The molecule has 1 aromatic carbocycles. The van der Waals surface area contributed by atoms with Gasteiger partial charge in [0.1, 0.15) is 6.54 Å². The topological polar surface area (TPSA) is 43.6 Å². The van der Waals surface area contributed by atoms with Crippen LogP contribution in [0.4, 0.5) is 0 Å². The van der Waals surface area contributed by atoms with Gasteiger partial charge < -0.3 is 28.5 Å². The van der Waals surface area contributed by atoms with E-state index in [2.05, 4.69) is 36.7 Å². The summed E-state index contributed by atoms with van der Waals surface area (Å²) in [7, 11) is 6.35. The fraction of sp³-hybridized carbons (Fsp3) is 0.364. The highest BCUT2D eigenvalue weighted by atomic mass is 127. The quantitative estimate of drug-likeness (QED) is 0.472. The summed E-state index contributed by atoms with van der Waals surface area (Å²) in [4.78, 5) is 0. The highest BCUT2D eigenvalue weighted by molar-refractivity contribution is 5.30. The lowest BCUT2D eigenvalue weighted by Gasteiger charge is -2.22. The molecule has 1 heterocycles. The third-order valence-corrected chi connectivity index (χ3v) is 2.15. The van der Waals surface area contributed by atoms with Crippen molar-refractivity contribution in [3.05, 3.63) is 36.2 Å². The minimum Gasteiger partial charge on any atom is -1.00 e. The minimum atomic E-state index is 0. The average molecular weight is 345 g/mol. The summed E-state index contributed by atoms with van der Waals surface area (Å²) >= 11 is 0. The summed E-state index contributed by atoms with van der Waals surface area (Å²) < 4.78 is 2.58. The van der Waals surface area contributed by atoms with Gasteiger partial charge in [0.2, 0.25) is 5.82 Å². The van der Waals surface area contributed by atoms with Crippen LogP contribution in [0.5, 0.6) is 0 Å². The summed E-state index contributed by atoms with van der Waals surface area (Å²) in [5, 5.41) is 11.8. The first-order valence-electron chi connectivity index (χ1n) is 5.19. The first kappa shape index (κ1) is 14.0. The molecule has 5 nitrogen and oxygen atoms in total. The smallest absolute Gasteiger partial charge is 0.211 e. The van der Waals surface area contributed by atoms with Crippen molar-refractivity contribution in [2.45, 2.75) is 6.54 Å². The number of tetrazole rings is 1. The first-order chi connectivity index (χ1) is 7.56. The zero-order valence-corrected chi connectivity index (χ0v) is 12.4. The second kappa shape index (κ2) is 5.54. The second-order valence-electron chi connectivity index (χ2n) is 4.79. The minimum absolute atomic E-state index is 0. The summed E-state index contributed by atoms with van der Waals surface area (Å²) in [6.07, 6.45) is 0. The van der Waals surface area contributed by atoms with Crippen molar-refractivity contribution in [3.63, 3.8) is 0 Å². The molecule has 0 aliphatic rings. The van der Waals surface area contributed by atoms with E-state index in [9.17, 15) is 0 Å². The molecule has 0 amide bonds. The number of halogens is 1. The van der Waals surface area contributed by atoms with E-state index in [1.165, 1.54) is 0 Å². The molecule has 6 heteroatoms. The van der Waals surface area contributed by atoms with E-state index in [-0.39, 0.29) is 24.0 Å². The lowest BCUT2D eigenvalue weighted by Crippen LogP contribution is -3.00. The van der Waals surface area contributed by atoms with E-state index in [4.69, 9.17) is 0 Å². The van der Waals surface area contributed by atoms with Crippen molar-refractivity contribution in [2.24, 2.45) is 0 Å². The number of aromatic nitrogens is 4. The van der Waals surface area contributed by atoms with Crippen LogP contribution in [-0.4, -0.2) is 45.8 Å². The molecule has 2 aromatic rings. The molecule has 1 aromatic heterocycles. The SMILES string of the molecule is C[N+](C)(C)Cc1nnnn1-c1ccccc1.[I-]. The first-order valence-corrected chi connectivity index (χ1v) is 5.19. The summed E-state index contributed by atoms with van der Waals surface area (Å²) in [5.74, 6) is 0.874. The van der Waals surface area contributed by atoms with Crippen molar-refractivity contribution in [1.82, 2.24) is 20.2 Å². The average Bonchev–Trinajstić information content (AvgIpc) is 2.64. The number of hydrogen-bond donors (Lipinski definition) is 0. The van der Waals surface area contributed by atoms with Crippen molar-refractivity contribution in [2.75, 3.05) is 21.1 Å². The van der Waals surface area contributed by atoms with Crippen LogP contribution < -0.4 is 24.0 Å². The van der Waals surface area contributed by atoms with Gasteiger partial charge in [-0.3, -0.25) is 0 Å². The molecule has 0 aliphatic carbocycles. The molecule has 0 aliphatic heterocycles. The molecular formula is C11H16IN5. The summed E-state index contributed by atoms with van der Waals surface area (Å²) in [6, 6.07) is 9.93. The molecule has 0 saturated heterocycles. The van der Waals surface area contributed by atoms with Crippen molar-refractivity contribution < 1.29 is 28.5 Å². The Morgan fingerprint density at radius 2 is 1.76 bits per heavy atom. The van der Waals surface area contributed by atoms with Crippen LogP contribution in [0.1, 0.15) is 5.82 Å². The second-order valence-corrected chi connectivity index (χ2v) is 4.79. The number of nitrogens with zero attached hydrogens (tertiary/aromatic N) is 5. The van der Waals surface area contributed by atoms with Crippen LogP contribution >= 0.6 is 0 Å². The number of hydrogen-bond acceptors (Lipinski definition) is 3. The van der Waals surface area contributed by atoms with Gasteiger partial charge in [-0.15, -0.1) is 5.10 Å². The van der Waals surface area contributed by atoms with Crippen molar-refractivity contribution in [3.8, 4) is 5.69 Å². The van der Waals surface area contributed by atoms with Gasteiger partial charge >= 0.3 is 0 Å². The maximum atomic E-state index is 4.06. The van der Waals surface area contributed by atoms with Gasteiger partial charge in [0.15, 0.2) is 0 Å². The van der Waals surface area contributed by atoms with Crippen LogP contribution in [0.15, 0.2) is 30.3 Å². The molecular weight excluding hydrogens is 329 g/mol. The van der Waals surface area contributed by atoms with Gasteiger partial charge in [0.05, 0.1) is 26.8 Å². The Morgan fingerprint density at radius 1 is 1.12 bits per heavy atom. The number of quaternary nitrogens is 1. The predicted molar refractivity (Wildman–Crippen MR) is 60.9 cm³/mol. The molecule has 92 valence electrons. The Labute approximate surface area is 118 Å². The Morgan fingerprint density at radius 3 is 2.35 bits per heavy atom. The fourth-order valence-corrected chi connectivity index (χ4v) is 1.50. The lowest BCUT2D eigenvalue weighted by atomic mass is 10.3. The largest absolute Gasteiger partial charge is 1.00 e. The van der Waals surface area contributed by atoms with E-state index in [1.807, 2.05) is 30.3 Å². The molecule has 0 unspecified atom stereocenters. The van der Waals surface area contributed by atoms with Crippen LogP contribution in [0.3, 0.4) is 0 Å². The molecule has 0 radical (unpaired) electrons. The highest BCUT2D eigenvalue weighted by Crippen LogP contribution is 2.09. The zero-order chi connectivity index (χ0) is 11.6. The van der Waals surface area contributed by atoms with Gasteiger partial charge in [-0.05, 0) is 22.6 Å².